The summed E-state index contributed by atoms with van der Waals surface area (Å²) in [6, 6.07) is 40.1. The van der Waals surface area contributed by atoms with Gasteiger partial charge in [0.05, 0.1) is 11.4 Å². The molecule has 8 heteroatoms. The maximum absolute atomic E-state index is 15.3. The van der Waals surface area contributed by atoms with Crippen LogP contribution in [0.4, 0.5) is 10.2 Å². The molecule has 7 rings (SSSR count). The molecule has 7 nitrogen and oxygen atoms in total. The van der Waals surface area contributed by atoms with E-state index in [2.05, 4.69) is 47.0 Å². The van der Waals surface area contributed by atoms with Gasteiger partial charge >= 0.3 is 0 Å². The SMILES string of the molecule is CC(=O)c1ccc(F)c(-c2ccc3c(c2)c(NC(=O)C2CCC(=O)NC2)nn3C(c2ccccc2)(c2ccccc2)c2ccccc2)c1. The lowest BCUT2D eigenvalue weighted by Gasteiger charge is -2.37. The van der Waals surface area contributed by atoms with Gasteiger partial charge in [0.25, 0.3) is 0 Å². The van der Waals surface area contributed by atoms with E-state index in [1.165, 1.54) is 19.1 Å². The van der Waals surface area contributed by atoms with Crippen molar-refractivity contribution >= 4 is 34.3 Å². The summed E-state index contributed by atoms with van der Waals surface area (Å²) >= 11 is 0. The molecule has 0 radical (unpaired) electrons. The van der Waals surface area contributed by atoms with Gasteiger partial charge < -0.3 is 10.6 Å². The molecule has 0 saturated carbocycles. The number of hydrogen-bond donors (Lipinski definition) is 2. The first kappa shape index (κ1) is 30.7. The third-order valence-corrected chi connectivity index (χ3v) is 9.13. The minimum absolute atomic E-state index is 0.0772. The fourth-order valence-electron chi connectivity index (χ4n) is 6.68. The lowest BCUT2D eigenvalue weighted by atomic mass is 9.77. The Kier molecular flexibility index (Phi) is 8.15. The number of anilines is 1. The van der Waals surface area contributed by atoms with Crippen molar-refractivity contribution in [2.75, 3.05) is 11.9 Å². The Morgan fingerprint density at radius 2 is 1.44 bits per heavy atom. The first-order valence-electron chi connectivity index (χ1n) is 15.9. The minimum atomic E-state index is -0.981. The smallest absolute Gasteiger partial charge is 0.230 e. The highest BCUT2D eigenvalue weighted by atomic mass is 19.1. The van der Waals surface area contributed by atoms with E-state index in [0.29, 0.717) is 34.3 Å². The number of carbonyl (C=O) groups excluding carboxylic acids is 3. The zero-order valence-corrected chi connectivity index (χ0v) is 26.3. The van der Waals surface area contributed by atoms with E-state index in [0.717, 1.165) is 16.7 Å². The quantitative estimate of drug-likeness (QED) is 0.135. The number of aromatic nitrogens is 2. The Balaban J connectivity index is 1.51. The standard InChI is InChI=1S/C40H33FN4O3/c1-26(46)27-17-20-35(41)33(23-27)28-18-21-36-34(24-28)38(43-39(48)29-19-22-37(47)42-25-29)44-45(36)40(30-11-5-2-6-12-30,31-13-7-3-8-14-31)32-15-9-4-10-16-32/h2-18,20-21,23-24,29H,19,22,25H2,1H3,(H,42,47)(H,43,44,48). The molecule has 1 aliphatic rings. The van der Waals surface area contributed by atoms with E-state index in [1.807, 2.05) is 77.5 Å². The normalized spacial score (nSPS) is 14.8. The summed E-state index contributed by atoms with van der Waals surface area (Å²) in [7, 11) is 0. The molecule has 1 unspecified atom stereocenters. The highest BCUT2D eigenvalue weighted by molar-refractivity contribution is 6.03. The Morgan fingerprint density at radius 3 is 1.98 bits per heavy atom. The molecule has 2 N–H and O–H groups in total. The highest BCUT2D eigenvalue weighted by Gasteiger charge is 2.41. The average molecular weight is 637 g/mol. The molecule has 1 aliphatic heterocycles. The number of nitrogens with one attached hydrogen (secondary N) is 2. The molecule has 0 bridgehead atoms. The van der Waals surface area contributed by atoms with Crippen LogP contribution in [0.5, 0.6) is 0 Å². The molecule has 1 aromatic heterocycles. The minimum Gasteiger partial charge on any atom is -0.355 e. The molecule has 1 saturated heterocycles. The molecule has 0 aliphatic carbocycles. The summed E-state index contributed by atoms with van der Waals surface area (Å²) in [6.45, 7) is 1.68. The average Bonchev–Trinajstić information content (AvgIpc) is 3.47. The van der Waals surface area contributed by atoms with E-state index < -0.39 is 17.3 Å². The van der Waals surface area contributed by atoms with Crippen LogP contribution in [-0.2, 0) is 15.1 Å². The number of piperidine rings is 1. The first-order chi connectivity index (χ1) is 23.4. The van der Waals surface area contributed by atoms with Gasteiger partial charge in [0.1, 0.15) is 11.4 Å². The fourth-order valence-corrected chi connectivity index (χ4v) is 6.68. The number of carbonyl (C=O) groups is 3. The molecular weight excluding hydrogens is 603 g/mol. The summed E-state index contributed by atoms with van der Waals surface area (Å²) in [4.78, 5) is 37.8. The first-order valence-corrected chi connectivity index (χ1v) is 15.9. The van der Waals surface area contributed by atoms with E-state index in [1.54, 1.807) is 6.07 Å². The van der Waals surface area contributed by atoms with Crippen LogP contribution in [0, 0.1) is 11.7 Å². The number of benzene rings is 5. The summed E-state index contributed by atoms with van der Waals surface area (Å²) in [6.07, 6.45) is 0.689. The van der Waals surface area contributed by atoms with Crippen molar-refractivity contribution in [2.24, 2.45) is 5.92 Å². The van der Waals surface area contributed by atoms with Crippen LogP contribution < -0.4 is 10.6 Å². The Morgan fingerprint density at radius 1 is 0.833 bits per heavy atom. The number of amides is 2. The molecule has 1 fully saturated rings. The number of hydrogen-bond acceptors (Lipinski definition) is 4. The predicted octanol–water partition coefficient (Wildman–Crippen LogP) is 7.35. The zero-order chi connectivity index (χ0) is 33.3. The van der Waals surface area contributed by atoms with Gasteiger partial charge in [-0.05, 0) is 65.9 Å². The van der Waals surface area contributed by atoms with E-state index in [-0.39, 0.29) is 36.1 Å². The molecular formula is C40H33FN4O3. The number of nitrogens with zero attached hydrogens (tertiary/aromatic N) is 2. The second kappa shape index (κ2) is 12.7. The van der Waals surface area contributed by atoms with Gasteiger partial charge in [-0.15, -0.1) is 0 Å². The maximum Gasteiger partial charge on any atom is 0.230 e. The van der Waals surface area contributed by atoms with E-state index in [4.69, 9.17) is 5.10 Å². The van der Waals surface area contributed by atoms with Crippen LogP contribution in [0.2, 0.25) is 0 Å². The molecule has 5 aromatic carbocycles. The summed E-state index contributed by atoms with van der Waals surface area (Å²) < 4.78 is 17.3. The molecule has 2 amide bonds. The Bertz CT molecular complexity index is 2040. The van der Waals surface area contributed by atoms with Crippen LogP contribution in [-0.4, -0.2) is 33.9 Å². The monoisotopic (exact) mass is 636 g/mol. The van der Waals surface area contributed by atoms with Gasteiger partial charge in [0.15, 0.2) is 11.6 Å². The van der Waals surface area contributed by atoms with Crippen molar-refractivity contribution in [3.63, 3.8) is 0 Å². The van der Waals surface area contributed by atoms with Crippen molar-refractivity contribution < 1.29 is 18.8 Å². The number of fused-ring (bicyclic) bond motifs is 1. The summed E-state index contributed by atoms with van der Waals surface area (Å²) in [5.74, 6) is -1.10. The fraction of sp³-hybridized carbons (Fsp3) is 0.150. The molecule has 0 spiro atoms. The van der Waals surface area contributed by atoms with Crippen LogP contribution in [0.25, 0.3) is 22.0 Å². The topological polar surface area (TPSA) is 93.1 Å². The summed E-state index contributed by atoms with van der Waals surface area (Å²) in [5, 5.41) is 11.6. The molecule has 48 heavy (non-hydrogen) atoms. The zero-order valence-electron chi connectivity index (χ0n) is 26.3. The summed E-state index contributed by atoms with van der Waals surface area (Å²) in [5.41, 5.74) is 3.76. The number of rotatable bonds is 8. The third kappa shape index (κ3) is 5.45. The molecule has 2 heterocycles. The van der Waals surface area contributed by atoms with Crippen LogP contribution in [0.15, 0.2) is 127 Å². The van der Waals surface area contributed by atoms with Crippen molar-refractivity contribution in [1.82, 2.24) is 15.1 Å². The van der Waals surface area contributed by atoms with E-state index >= 15 is 4.39 Å². The van der Waals surface area contributed by atoms with Crippen LogP contribution in [0.1, 0.15) is 46.8 Å². The maximum atomic E-state index is 15.3. The lowest BCUT2D eigenvalue weighted by Crippen LogP contribution is -2.40. The van der Waals surface area contributed by atoms with Crippen molar-refractivity contribution in [3.8, 4) is 11.1 Å². The van der Waals surface area contributed by atoms with Crippen LogP contribution in [0.3, 0.4) is 0 Å². The van der Waals surface area contributed by atoms with Crippen molar-refractivity contribution in [2.45, 2.75) is 25.3 Å². The Hall–Kier alpha value is -5.89. The van der Waals surface area contributed by atoms with Gasteiger partial charge in [-0.1, -0.05) is 97.1 Å². The molecule has 1 atom stereocenters. The van der Waals surface area contributed by atoms with Crippen molar-refractivity contribution in [1.29, 1.82) is 0 Å². The number of halogens is 1. The van der Waals surface area contributed by atoms with Gasteiger partial charge in [0, 0.05) is 29.5 Å². The predicted molar refractivity (Wildman–Crippen MR) is 184 cm³/mol. The Labute approximate surface area is 277 Å². The second-order valence-corrected chi connectivity index (χ2v) is 12.1. The number of ketones is 1. The molecule has 238 valence electrons. The van der Waals surface area contributed by atoms with Gasteiger partial charge in [0.2, 0.25) is 11.8 Å². The lowest BCUT2D eigenvalue weighted by molar-refractivity contribution is -0.126. The van der Waals surface area contributed by atoms with Crippen LogP contribution >= 0.6 is 0 Å². The molecule has 6 aromatic rings. The number of Topliss-reactive ketones (excluding diaryl/α,β-unsaturated/α-hetero) is 1. The third-order valence-electron chi connectivity index (χ3n) is 9.13. The highest BCUT2D eigenvalue weighted by Crippen LogP contribution is 2.44. The second-order valence-electron chi connectivity index (χ2n) is 12.1. The largest absolute Gasteiger partial charge is 0.355 e. The van der Waals surface area contributed by atoms with Crippen molar-refractivity contribution in [3.05, 3.63) is 155 Å². The van der Waals surface area contributed by atoms with Gasteiger partial charge in [-0.25, -0.2) is 9.07 Å². The van der Waals surface area contributed by atoms with Gasteiger partial charge in [-0.2, -0.15) is 5.10 Å². The van der Waals surface area contributed by atoms with Gasteiger partial charge in [-0.3, -0.25) is 14.4 Å². The van der Waals surface area contributed by atoms with E-state index in [9.17, 15) is 14.4 Å².